The van der Waals surface area contributed by atoms with Gasteiger partial charge in [0.15, 0.2) is 0 Å². The van der Waals surface area contributed by atoms with Gasteiger partial charge in [0.1, 0.15) is 11.5 Å². The van der Waals surface area contributed by atoms with Gasteiger partial charge in [-0.2, -0.15) is 0 Å². The van der Waals surface area contributed by atoms with Crippen LogP contribution < -0.4 is 9.47 Å². The van der Waals surface area contributed by atoms with Crippen LogP contribution in [0.4, 0.5) is 0 Å². The van der Waals surface area contributed by atoms with Crippen LogP contribution >= 0.6 is 0 Å². The van der Waals surface area contributed by atoms with Gasteiger partial charge in [-0.05, 0) is 25.1 Å². The van der Waals surface area contributed by atoms with E-state index in [1.807, 2.05) is 31.2 Å². The summed E-state index contributed by atoms with van der Waals surface area (Å²) in [5, 5.41) is 1.11. The van der Waals surface area contributed by atoms with Gasteiger partial charge < -0.3 is 14.0 Å². The Bertz CT molecular complexity index is 778. The van der Waals surface area contributed by atoms with Gasteiger partial charge in [0.05, 0.1) is 32.0 Å². The van der Waals surface area contributed by atoms with Gasteiger partial charge in [0, 0.05) is 29.4 Å². The average molecular weight is 282 g/mol. The quantitative estimate of drug-likeness (QED) is 0.735. The van der Waals surface area contributed by atoms with Gasteiger partial charge in [-0.25, -0.2) is 0 Å². The highest BCUT2D eigenvalue weighted by atomic mass is 16.5. The molecule has 0 fully saturated rings. The van der Waals surface area contributed by atoms with E-state index in [2.05, 4.69) is 27.9 Å². The van der Waals surface area contributed by atoms with E-state index in [1.54, 1.807) is 14.2 Å². The Morgan fingerprint density at radius 2 is 1.95 bits per heavy atom. The maximum atomic E-state index is 5.40. The molecule has 0 N–H and O–H groups in total. The molecule has 4 heteroatoms. The summed E-state index contributed by atoms with van der Waals surface area (Å²) in [5.41, 5.74) is 3.07. The number of rotatable bonds is 4. The topological polar surface area (TPSA) is 36.3 Å². The van der Waals surface area contributed by atoms with Crippen molar-refractivity contribution >= 4 is 10.9 Å². The maximum Gasteiger partial charge on any atom is 0.128 e. The van der Waals surface area contributed by atoms with Crippen molar-refractivity contribution in [2.24, 2.45) is 0 Å². The Morgan fingerprint density at radius 1 is 1.10 bits per heavy atom. The molecule has 1 aromatic carbocycles. The van der Waals surface area contributed by atoms with Crippen molar-refractivity contribution in [3.8, 4) is 11.5 Å². The average Bonchev–Trinajstić information content (AvgIpc) is 2.89. The predicted molar refractivity (Wildman–Crippen MR) is 83.1 cm³/mol. The number of aromatic nitrogens is 2. The van der Waals surface area contributed by atoms with Gasteiger partial charge in [-0.15, -0.1) is 0 Å². The molecule has 0 aliphatic heterocycles. The van der Waals surface area contributed by atoms with Crippen LogP contribution in [0.15, 0.2) is 42.6 Å². The number of benzene rings is 1. The first kappa shape index (κ1) is 13.5. The van der Waals surface area contributed by atoms with Crippen LogP contribution in [0.25, 0.3) is 10.9 Å². The monoisotopic (exact) mass is 282 g/mol. The molecule has 0 amide bonds. The zero-order valence-electron chi connectivity index (χ0n) is 12.5. The lowest BCUT2D eigenvalue weighted by Gasteiger charge is -2.09. The molecule has 21 heavy (non-hydrogen) atoms. The van der Waals surface area contributed by atoms with Crippen molar-refractivity contribution in [2.75, 3.05) is 14.2 Å². The molecule has 0 bridgehead atoms. The van der Waals surface area contributed by atoms with E-state index in [4.69, 9.17) is 9.47 Å². The summed E-state index contributed by atoms with van der Waals surface area (Å²) in [5.74, 6) is 1.73. The summed E-state index contributed by atoms with van der Waals surface area (Å²) in [6.07, 6.45) is 2.06. The number of pyridine rings is 1. The molecule has 0 aliphatic rings. The highest BCUT2D eigenvalue weighted by Gasteiger charge is 2.07. The Hall–Kier alpha value is -2.49. The normalized spacial score (nSPS) is 10.8. The zero-order valence-corrected chi connectivity index (χ0v) is 12.5. The Balaban J connectivity index is 2.00. The van der Waals surface area contributed by atoms with Gasteiger partial charge in [-0.3, -0.25) is 4.98 Å². The van der Waals surface area contributed by atoms with Crippen LogP contribution in [-0.4, -0.2) is 23.8 Å². The third kappa shape index (κ3) is 2.57. The first-order valence-electron chi connectivity index (χ1n) is 6.84. The molecule has 4 nitrogen and oxygen atoms in total. The second-order valence-corrected chi connectivity index (χ2v) is 4.98. The van der Waals surface area contributed by atoms with E-state index < -0.39 is 0 Å². The first-order chi connectivity index (χ1) is 10.2. The highest BCUT2D eigenvalue weighted by Crippen LogP contribution is 2.27. The van der Waals surface area contributed by atoms with Crippen LogP contribution in [0.3, 0.4) is 0 Å². The third-order valence-electron chi connectivity index (χ3n) is 3.54. The summed E-state index contributed by atoms with van der Waals surface area (Å²) in [7, 11) is 3.37. The minimum atomic E-state index is 0.703. The second-order valence-electron chi connectivity index (χ2n) is 4.98. The Kier molecular flexibility index (Phi) is 3.52. The molecule has 0 unspecified atom stereocenters. The van der Waals surface area contributed by atoms with Gasteiger partial charge in [0.25, 0.3) is 0 Å². The van der Waals surface area contributed by atoms with E-state index in [0.29, 0.717) is 6.54 Å². The van der Waals surface area contributed by atoms with Crippen molar-refractivity contribution in [3.05, 3.63) is 54.0 Å². The summed E-state index contributed by atoms with van der Waals surface area (Å²) in [6.45, 7) is 2.68. The molecule has 2 aromatic heterocycles. The number of hydrogen-bond donors (Lipinski definition) is 0. The molecule has 0 aliphatic carbocycles. The third-order valence-corrected chi connectivity index (χ3v) is 3.54. The minimum absolute atomic E-state index is 0.703. The summed E-state index contributed by atoms with van der Waals surface area (Å²) < 4.78 is 12.9. The second kappa shape index (κ2) is 5.48. The maximum absolute atomic E-state index is 5.40. The zero-order chi connectivity index (χ0) is 14.8. The highest BCUT2D eigenvalue weighted by molar-refractivity contribution is 5.86. The predicted octanol–water partition coefficient (Wildman–Crippen LogP) is 3.41. The molecular formula is C17H18N2O2. The lowest BCUT2D eigenvalue weighted by Crippen LogP contribution is -2.02. The van der Waals surface area contributed by atoms with E-state index in [9.17, 15) is 0 Å². The van der Waals surface area contributed by atoms with E-state index in [0.717, 1.165) is 33.8 Å². The molecule has 3 aromatic rings. The van der Waals surface area contributed by atoms with Crippen molar-refractivity contribution in [3.63, 3.8) is 0 Å². The molecule has 0 atom stereocenters. The van der Waals surface area contributed by atoms with Crippen molar-refractivity contribution in [1.29, 1.82) is 0 Å². The van der Waals surface area contributed by atoms with Crippen LogP contribution in [0.1, 0.15) is 11.4 Å². The molecular weight excluding hydrogens is 264 g/mol. The van der Waals surface area contributed by atoms with Crippen molar-refractivity contribution in [2.45, 2.75) is 13.5 Å². The molecule has 108 valence electrons. The van der Waals surface area contributed by atoms with Crippen LogP contribution in [0.5, 0.6) is 11.5 Å². The smallest absolute Gasteiger partial charge is 0.128 e. The fraction of sp³-hybridized carbons (Fsp3) is 0.235. The number of ether oxygens (including phenoxy) is 2. The van der Waals surface area contributed by atoms with Gasteiger partial charge in [0.2, 0.25) is 0 Å². The van der Waals surface area contributed by atoms with E-state index >= 15 is 0 Å². The van der Waals surface area contributed by atoms with Crippen LogP contribution in [-0.2, 0) is 6.54 Å². The Morgan fingerprint density at radius 3 is 2.71 bits per heavy atom. The van der Waals surface area contributed by atoms with E-state index in [1.165, 1.54) is 0 Å². The van der Waals surface area contributed by atoms with Crippen molar-refractivity contribution < 1.29 is 9.47 Å². The molecule has 0 spiro atoms. The summed E-state index contributed by atoms with van der Waals surface area (Å²) >= 11 is 0. The largest absolute Gasteiger partial charge is 0.497 e. The van der Waals surface area contributed by atoms with E-state index in [-0.39, 0.29) is 0 Å². The van der Waals surface area contributed by atoms with Crippen LogP contribution in [0, 0.1) is 6.92 Å². The van der Waals surface area contributed by atoms with Gasteiger partial charge in [-0.1, -0.05) is 6.07 Å². The standard InChI is InChI=1S/C17H18N2O2/c1-12-9-14(20-2)10-13(18-12)11-19-8-7-15-16(19)5-4-6-17(15)21-3/h4-10H,11H2,1-3H3. The summed E-state index contributed by atoms with van der Waals surface area (Å²) in [6, 6.07) is 12.0. The molecule has 0 saturated carbocycles. The SMILES string of the molecule is COc1cc(C)nc(Cn2ccc3c(OC)cccc32)c1. The Labute approximate surface area is 123 Å². The fourth-order valence-corrected chi connectivity index (χ4v) is 2.59. The number of nitrogens with zero attached hydrogens (tertiary/aromatic N) is 2. The number of hydrogen-bond acceptors (Lipinski definition) is 3. The number of methoxy groups -OCH3 is 2. The number of fused-ring (bicyclic) bond motifs is 1. The molecule has 0 saturated heterocycles. The lowest BCUT2D eigenvalue weighted by molar-refractivity contribution is 0.413. The van der Waals surface area contributed by atoms with Crippen LogP contribution in [0.2, 0.25) is 0 Å². The number of aryl methyl sites for hydroxylation is 1. The van der Waals surface area contributed by atoms with Crippen molar-refractivity contribution in [1.82, 2.24) is 9.55 Å². The minimum Gasteiger partial charge on any atom is -0.497 e. The summed E-state index contributed by atoms with van der Waals surface area (Å²) in [4.78, 5) is 4.57. The molecule has 3 rings (SSSR count). The molecule has 0 radical (unpaired) electrons. The first-order valence-corrected chi connectivity index (χ1v) is 6.84. The lowest BCUT2D eigenvalue weighted by atomic mass is 10.2. The fourth-order valence-electron chi connectivity index (χ4n) is 2.59. The molecule has 2 heterocycles. The van der Waals surface area contributed by atoms with Gasteiger partial charge >= 0.3 is 0 Å².